The molecule has 1 N–H and O–H groups in total. The number of ether oxygens (including phenoxy) is 2. The van der Waals surface area contributed by atoms with E-state index < -0.39 is 12.1 Å². The van der Waals surface area contributed by atoms with Crippen molar-refractivity contribution in [3.63, 3.8) is 0 Å². The molecule has 3 heterocycles. The van der Waals surface area contributed by atoms with E-state index in [2.05, 4.69) is 16.0 Å². The molecular weight excluding hydrogens is 502 g/mol. The quantitative estimate of drug-likeness (QED) is 0.330. The van der Waals surface area contributed by atoms with Gasteiger partial charge in [0.15, 0.2) is 6.17 Å². The number of hydrogen-bond donors (Lipinski definition) is 1. The van der Waals surface area contributed by atoms with E-state index in [0.717, 1.165) is 46.6 Å². The number of nitrogens with zero attached hydrogens (tertiary/aromatic N) is 4. The first-order valence-corrected chi connectivity index (χ1v) is 13.1. The van der Waals surface area contributed by atoms with Gasteiger partial charge in [0.1, 0.15) is 0 Å². The second-order valence-corrected chi connectivity index (χ2v) is 9.50. The molecule has 1 atom stereocenters. The normalized spacial score (nSPS) is 17.7. The number of H-pyrrole nitrogens is 1. The molecule has 0 aliphatic carbocycles. The number of rotatable bonds is 6. The van der Waals surface area contributed by atoms with E-state index >= 15 is 0 Å². The van der Waals surface area contributed by atoms with E-state index in [-0.39, 0.29) is 12.4 Å². The Kier molecular flexibility index (Phi) is 6.66. The lowest BCUT2D eigenvalue weighted by molar-refractivity contribution is -0.135. The number of aromatic nitrogens is 1. The van der Waals surface area contributed by atoms with E-state index in [1.54, 1.807) is 6.92 Å². The molecule has 0 amide bonds. The third kappa shape index (κ3) is 4.36. The fourth-order valence-corrected chi connectivity index (χ4v) is 5.39. The van der Waals surface area contributed by atoms with Crippen molar-refractivity contribution in [1.29, 1.82) is 0 Å². The number of hydrazone groups is 1. The van der Waals surface area contributed by atoms with Gasteiger partial charge in [-0.1, -0.05) is 48.0 Å². The average Bonchev–Trinajstić information content (AvgIpc) is 3.56. The smallest absolute Gasteiger partial charge is 0.376 e. The van der Waals surface area contributed by atoms with E-state index in [0.29, 0.717) is 18.2 Å². The van der Waals surface area contributed by atoms with Gasteiger partial charge in [-0.2, -0.15) is 0 Å². The molecule has 2 aliphatic rings. The lowest BCUT2D eigenvalue weighted by Crippen LogP contribution is -2.39. The monoisotopic (exact) mass is 529 g/mol. The number of carbonyl (C=O) groups is 1. The largest absolute Gasteiger partial charge is 0.460 e. The molecule has 0 bridgehead atoms. The van der Waals surface area contributed by atoms with Crippen LogP contribution in [0, 0.1) is 0 Å². The predicted molar refractivity (Wildman–Crippen MR) is 151 cm³/mol. The first-order chi connectivity index (χ1) is 18.7. The molecule has 38 heavy (non-hydrogen) atoms. The van der Waals surface area contributed by atoms with Crippen LogP contribution >= 0.6 is 11.6 Å². The number of carbonyl (C=O) groups excluding carboxylic acids is 1. The van der Waals surface area contributed by atoms with E-state index in [4.69, 9.17) is 26.2 Å². The van der Waals surface area contributed by atoms with Gasteiger partial charge in [0.25, 0.3) is 0 Å². The average molecular weight is 530 g/mol. The maximum absolute atomic E-state index is 13.3. The van der Waals surface area contributed by atoms with Crippen LogP contribution in [0.4, 0.5) is 17.1 Å². The molecule has 1 saturated heterocycles. The van der Waals surface area contributed by atoms with Crippen LogP contribution in [0.25, 0.3) is 10.9 Å². The Morgan fingerprint density at radius 2 is 1.82 bits per heavy atom. The molecule has 1 fully saturated rings. The highest BCUT2D eigenvalue weighted by atomic mass is 35.5. The summed E-state index contributed by atoms with van der Waals surface area (Å²) in [5.41, 5.74) is 4.51. The summed E-state index contributed by atoms with van der Waals surface area (Å²) in [4.78, 5) is 20.8. The van der Waals surface area contributed by atoms with Crippen LogP contribution in [0.1, 0.15) is 18.7 Å². The molecule has 9 heteroatoms. The zero-order valence-electron chi connectivity index (χ0n) is 21.0. The fraction of sp³-hybridized carbons (Fsp3) is 0.241. The first kappa shape index (κ1) is 24.3. The molecule has 4 aromatic rings. The molecule has 194 valence electrons. The van der Waals surface area contributed by atoms with Crippen LogP contribution in [-0.2, 0) is 14.3 Å². The summed E-state index contributed by atoms with van der Waals surface area (Å²) in [6.07, 6.45) is 1.52. The summed E-state index contributed by atoms with van der Waals surface area (Å²) >= 11 is 6.87. The van der Waals surface area contributed by atoms with Crippen molar-refractivity contribution in [3.8, 4) is 0 Å². The van der Waals surface area contributed by atoms with Crippen molar-refractivity contribution in [2.24, 2.45) is 5.10 Å². The van der Waals surface area contributed by atoms with E-state index in [9.17, 15) is 4.79 Å². The zero-order valence-corrected chi connectivity index (χ0v) is 21.8. The summed E-state index contributed by atoms with van der Waals surface area (Å²) in [7, 11) is 0. The minimum Gasteiger partial charge on any atom is -0.460 e. The number of hydrogen-bond acceptors (Lipinski definition) is 7. The maximum atomic E-state index is 13.3. The molecule has 3 aromatic carbocycles. The third-order valence-electron chi connectivity index (χ3n) is 6.85. The van der Waals surface area contributed by atoms with Crippen LogP contribution in [-0.4, -0.2) is 49.7 Å². The minimum atomic E-state index is -0.496. The molecule has 0 unspecified atom stereocenters. The van der Waals surface area contributed by atoms with Crippen molar-refractivity contribution in [2.75, 3.05) is 47.7 Å². The highest BCUT2D eigenvalue weighted by Gasteiger charge is 2.42. The van der Waals surface area contributed by atoms with Gasteiger partial charge < -0.3 is 19.4 Å². The summed E-state index contributed by atoms with van der Waals surface area (Å²) in [5, 5.41) is 8.35. The number of esters is 1. The Bertz CT molecular complexity index is 1480. The Balaban J connectivity index is 1.50. The number of fused-ring (bicyclic) bond motifs is 1. The van der Waals surface area contributed by atoms with Crippen molar-refractivity contribution >= 4 is 51.4 Å². The number of anilines is 3. The summed E-state index contributed by atoms with van der Waals surface area (Å²) in [6, 6.07) is 23.8. The Hall–Kier alpha value is -4.01. The molecule has 0 radical (unpaired) electrons. The number of aromatic amines is 1. The number of amidine groups is 1. The van der Waals surface area contributed by atoms with Crippen LogP contribution in [0.3, 0.4) is 0 Å². The topological polar surface area (TPSA) is 73.4 Å². The predicted octanol–water partition coefficient (Wildman–Crippen LogP) is 5.56. The van der Waals surface area contributed by atoms with E-state index in [1.165, 1.54) is 0 Å². The second-order valence-electron chi connectivity index (χ2n) is 9.09. The first-order valence-electron chi connectivity index (χ1n) is 12.7. The minimum absolute atomic E-state index is 0.196. The van der Waals surface area contributed by atoms with Crippen LogP contribution < -0.4 is 14.8 Å². The zero-order chi connectivity index (χ0) is 26.1. The van der Waals surface area contributed by atoms with Crippen molar-refractivity contribution < 1.29 is 14.3 Å². The van der Waals surface area contributed by atoms with Gasteiger partial charge in [0.2, 0.25) is 5.84 Å². The number of morpholine rings is 1. The van der Waals surface area contributed by atoms with Crippen molar-refractivity contribution in [2.45, 2.75) is 13.1 Å². The van der Waals surface area contributed by atoms with Gasteiger partial charge in [-0.25, -0.2) is 9.80 Å². The van der Waals surface area contributed by atoms with E-state index in [1.807, 2.05) is 82.8 Å². The van der Waals surface area contributed by atoms with Crippen LogP contribution in [0.15, 0.2) is 84.1 Å². The molecule has 0 saturated carbocycles. The number of benzene rings is 3. The Labute approximate surface area is 226 Å². The highest BCUT2D eigenvalue weighted by Crippen LogP contribution is 2.43. The summed E-state index contributed by atoms with van der Waals surface area (Å²) in [6.45, 7) is 4.91. The standard InChI is InChI=1S/C29H28ClN5O3/c1-2-38-29(36)27-32-35(20-8-4-3-5-9-20)28(23-19-31-25-11-7-6-10-22(23)25)34(27)21-12-13-26(24(30)18-21)33-14-16-37-17-15-33/h3-13,18-19,28,31H,2,14-17H2,1H3/t28-/m1/s1. The maximum Gasteiger partial charge on any atom is 0.376 e. The number of para-hydroxylation sites is 2. The molecule has 0 spiro atoms. The molecular formula is C29H28ClN5O3. The lowest BCUT2D eigenvalue weighted by atomic mass is 10.1. The van der Waals surface area contributed by atoms with Crippen molar-refractivity contribution in [1.82, 2.24) is 4.98 Å². The Morgan fingerprint density at radius 1 is 1.05 bits per heavy atom. The van der Waals surface area contributed by atoms with Gasteiger partial charge in [-0.15, -0.1) is 5.10 Å². The molecule has 2 aliphatic heterocycles. The number of nitrogens with one attached hydrogen (secondary N) is 1. The van der Waals surface area contributed by atoms with Gasteiger partial charge >= 0.3 is 5.97 Å². The van der Waals surface area contributed by atoms with Gasteiger partial charge in [-0.3, -0.25) is 4.90 Å². The third-order valence-corrected chi connectivity index (χ3v) is 7.15. The Morgan fingerprint density at radius 3 is 2.58 bits per heavy atom. The SMILES string of the molecule is CCOC(=O)C1=NN(c2ccccc2)[C@H](c2c[nH]c3ccccc23)N1c1ccc(N2CCOCC2)c(Cl)c1. The molecule has 8 nitrogen and oxygen atoms in total. The van der Waals surface area contributed by atoms with Crippen LogP contribution in [0.2, 0.25) is 5.02 Å². The van der Waals surface area contributed by atoms with Crippen molar-refractivity contribution in [3.05, 3.63) is 89.6 Å². The molecule has 6 rings (SSSR count). The fourth-order valence-electron chi connectivity index (χ4n) is 5.09. The second kappa shape index (κ2) is 10.4. The lowest BCUT2D eigenvalue weighted by Gasteiger charge is -2.33. The summed E-state index contributed by atoms with van der Waals surface area (Å²) in [5.74, 6) is -0.301. The van der Waals surface area contributed by atoms with Gasteiger partial charge in [-0.05, 0) is 43.3 Å². The number of halogens is 1. The highest BCUT2D eigenvalue weighted by molar-refractivity contribution is 6.42. The van der Waals surface area contributed by atoms with Gasteiger partial charge in [0.05, 0.1) is 36.2 Å². The summed E-state index contributed by atoms with van der Waals surface area (Å²) < 4.78 is 11.0. The van der Waals surface area contributed by atoms with Gasteiger partial charge in [0, 0.05) is 41.4 Å². The van der Waals surface area contributed by atoms with Crippen LogP contribution in [0.5, 0.6) is 0 Å². The molecule has 1 aromatic heterocycles.